The van der Waals surface area contributed by atoms with Gasteiger partial charge in [0.15, 0.2) is 11.6 Å². The molecular formula is C33H41F3N4O6. The molecule has 0 aromatic heterocycles. The molecule has 0 bridgehead atoms. The second kappa shape index (κ2) is 16.0. The first-order valence-corrected chi connectivity index (χ1v) is 15.6. The number of ether oxygens (including phenoxy) is 1. The van der Waals surface area contributed by atoms with E-state index in [0.29, 0.717) is 31.4 Å². The molecule has 46 heavy (non-hydrogen) atoms. The van der Waals surface area contributed by atoms with Gasteiger partial charge in [0.1, 0.15) is 17.9 Å². The maximum atomic E-state index is 14.0. The number of nitrogens with zero attached hydrogens (tertiary/aromatic N) is 1. The molecule has 250 valence electrons. The van der Waals surface area contributed by atoms with Crippen LogP contribution in [0.15, 0.2) is 42.5 Å². The topological polar surface area (TPSA) is 151 Å². The number of carboxylic acid groups (broad SMARTS) is 1. The van der Waals surface area contributed by atoms with Crippen molar-refractivity contribution in [3.63, 3.8) is 0 Å². The Bertz CT molecular complexity index is 1390. The Balaban J connectivity index is 1.41. The number of halogens is 3. The fourth-order valence-corrected chi connectivity index (χ4v) is 5.86. The van der Waals surface area contributed by atoms with E-state index in [9.17, 15) is 37.5 Å². The molecule has 2 aliphatic rings. The second-order valence-electron chi connectivity index (χ2n) is 12.1. The van der Waals surface area contributed by atoms with Crippen LogP contribution >= 0.6 is 0 Å². The summed E-state index contributed by atoms with van der Waals surface area (Å²) < 4.78 is 46.1. The number of amides is 2. The summed E-state index contributed by atoms with van der Waals surface area (Å²) in [5, 5.41) is 15.9. The molecule has 1 saturated carbocycles. The van der Waals surface area contributed by atoms with E-state index in [1.807, 2.05) is 30.3 Å². The smallest absolute Gasteiger partial charge is 0.326 e. The number of esters is 1. The van der Waals surface area contributed by atoms with E-state index in [4.69, 9.17) is 10.5 Å². The van der Waals surface area contributed by atoms with Gasteiger partial charge in [0.2, 0.25) is 11.8 Å². The standard InChI is InChI=1S/C33H41F3N4O6/c1-2-46-33(45)27(11-10-19-6-4-3-5-7-19)39-28(12-20-8-9-20)31(42)40-18-23(16-29(40)32(43)44)38-30(41)15-22(37)13-21-14-25(35)26(36)17-24(21)34/h3-7,14,17,20,22-23,27-29,39H,2,8-13,15-16,18,37H2,1H3,(H,38,41)(H,43,44)/t22-,23+,27?,28+,29+/m1/s1. The molecule has 4 rings (SSSR count). The van der Waals surface area contributed by atoms with Crippen LogP contribution in [0.5, 0.6) is 0 Å². The maximum Gasteiger partial charge on any atom is 0.326 e. The van der Waals surface area contributed by atoms with E-state index >= 15 is 0 Å². The van der Waals surface area contributed by atoms with Crippen LogP contribution in [0.2, 0.25) is 0 Å². The van der Waals surface area contributed by atoms with Crippen LogP contribution in [0.4, 0.5) is 13.2 Å². The number of aryl methyl sites for hydroxylation is 1. The number of aliphatic carboxylic acids is 1. The Morgan fingerprint density at radius 2 is 1.74 bits per heavy atom. The summed E-state index contributed by atoms with van der Waals surface area (Å²) in [6.07, 6.45) is 2.62. The van der Waals surface area contributed by atoms with Gasteiger partial charge in [-0.25, -0.2) is 18.0 Å². The molecule has 1 aliphatic carbocycles. The molecule has 13 heteroatoms. The van der Waals surface area contributed by atoms with Crippen LogP contribution in [-0.4, -0.2) is 77.1 Å². The zero-order valence-corrected chi connectivity index (χ0v) is 25.7. The molecule has 2 amide bonds. The van der Waals surface area contributed by atoms with E-state index in [0.717, 1.165) is 18.4 Å². The van der Waals surface area contributed by atoms with Gasteiger partial charge in [-0.05, 0) is 55.7 Å². The van der Waals surface area contributed by atoms with Gasteiger partial charge in [-0.1, -0.05) is 43.2 Å². The lowest BCUT2D eigenvalue weighted by Gasteiger charge is -2.30. The van der Waals surface area contributed by atoms with Gasteiger partial charge < -0.3 is 25.8 Å². The average Bonchev–Trinajstić information content (AvgIpc) is 3.73. The zero-order chi connectivity index (χ0) is 33.4. The van der Waals surface area contributed by atoms with Gasteiger partial charge in [0, 0.05) is 37.5 Å². The molecule has 5 atom stereocenters. The molecule has 10 nitrogen and oxygen atoms in total. The second-order valence-corrected chi connectivity index (χ2v) is 12.1. The van der Waals surface area contributed by atoms with Crippen LogP contribution in [0.1, 0.15) is 56.6 Å². The molecule has 1 aliphatic heterocycles. The first kappa shape index (κ1) is 34.9. The van der Waals surface area contributed by atoms with E-state index in [1.165, 1.54) is 4.90 Å². The number of carboxylic acids is 1. The summed E-state index contributed by atoms with van der Waals surface area (Å²) in [5.74, 6) is -6.05. The fourth-order valence-electron chi connectivity index (χ4n) is 5.86. The lowest BCUT2D eigenvalue weighted by Crippen LogP contribution is -2.55. The monoisotopic (exact) mass is 646 g/mol. The highest BCUT2D eigenvalue weighted by molar-refractivity contribution is 5.89. The van der Waals surface area contributed by atoms with Crippen molar-refractivity contribution < 1.29 is 42.2 Å². The number of hydrogen-bond acceptors (Lipinski definition) is 7. The predicted molar refractivity (Wildman–Crippen MR) is 162 cm³/mol. The SMILES string of the molecule is CCOC(=O)C(CCc1ccccc1)N[C@@H](CC1CC1)C(=O)N1C[C@@H](NC(=O)C[C@H](N)Cc2cc(F)c(F)cc2F)C[C@H]1C(=O)O. The summed E-state index contributed by atoms with van der Waals surface area (Å²) in [6, 6.07) is 6.20. The van der Waals surface area contributed by atoms with Crippen molar-refractivity contribution in [3.8, 4) is 0 Å². The molecule has 2 fully saturated rings. The minimum atomic E-state index is -1.33. The third kappa shape index (κ3) is 9.76. The Morgan fingerprint density at radius 1 is 1.04 bits per heavy atom. The number of carbonyl (C=O) groups is 4. The molecular weight excluding hydrogens is 605 g/mol. The molecule has 1 saturated heterocycles. The van der Waals surface area contributed by atoms with Gasteiger partial charge in [0.05, 0.1) is 12.6 Å². The minimum absolute atomic E-state index is 0.0503. The number of carbonyl (C=O) groups excluding carboxylic acids is 3. The van der Waals surface area contributed by atoms with Gasteiger partial charge in [-0.3, -0.25) is 19.7 Å². The van der Waals surface area contributed by atoms with Crippen molar-refractivity contribution in [2.75, 3.05) is 13.2 Å². The van der Waals surface area contributed by atoms with E-state index in [-0.39, 0.29) is 43.9 Å². The van der Waals surface area contributed by atoms with Gasteiger partial charge in [-0.15, -0.1) is 0 Å². The van der Waals surface area contributed by atoms with Crippen molar-refractivity contribution >= 4 is 23.8 Å². The fraction of sp³-hybridized carbons (Fsp3) is 0.515. The number of nitrogens with one attached hydrogen (secondary N) is 2. The van der Waals surface area contributed by atoms with Crippen LogP contribution in [-0.2, 0) is 36.8 Å². The van der Waals surface area contributed by atoms with Crippen LogP contribution in [0, 0.1) is 23.4 Å². The van der Waals surface area contributed by atoms with E-state index in [2.05, 4.69) is 10.6 Å². The Labute approximate surface area is 265 Å². The maximum absolute atomic E-state index is 14.0. The molecule has 0 radical (unpaired) electrons. The first-order valence-electron chi connectivity index (χ1n) is 15.6. The number of rotatable bonds is 16. The van der Waals surface area contributed by atoms with Gasteiger partial charge in [0.25, 0.3) is 0 Å². The first-order chi connectivity index (χ1) is 21.9. The molecule has 5 N–H and O–H groups in total. The number of likely N-dealkylation sites (tertiary alicyclic amines) is 1. The molecule has 1 unspecified atom stereocenters. The minimum Gasteiger partial charge on any atom is -0.480 e. The summed E-state index contributed by atoms with van der Waals surface area (Å²) >= 11 is 0. The number of nitrogens with two attached hydrogens (primary N) is 1. The van der Waals surface area contributed by atoms with E-state index in [1.54, 1.807) is 6.92 Å². The van der Waals surface area contributed by atoms with Gasteiger partial charge >= 0.3 is 11.9 Å². The third-order valence-corrected chi connectivity index (χ3v) is 8.36. The Morgan fingerprint density at radius 3 is 2.39 bits per heavy atom. The Kier molecular flexibility index (Phi) is 12.2. The normalized spacial score (nSPS) is 19.7. The Hall–Kier alpha value is -3.97. The summed E-state index contributed by atoms with van der Waals surface area (Å²) in [4.78, 5) is 53.1. The summed E-state index contributed by atoms with van der Waals surface area (Å²) in [5.41, 5.74) is 6.82. The summed E-state index contributed by atoms with van der Waals surface area (Å²) in [6.45, 7) is 1.78. The highest BCUT2D eigenvalue weighted by atomic mass is 19.2. The van der Waals surface area contributed by atoms with Crippen molar-refractivity contribution in [2.45, 2.75) is 88.5 Å². The van der Waals surface area contributed by atoms with Crippen LogP contribution < -0.4 is 16.4 Å². The lowest BCUT2D eigenvalue weighted by molar-refractivity contribution is -0.150. The van der Waals surface area contributed by atoms with Crippen LogP contribution in [0.25, 0.3) is 0 Å². The zero-order valence-electron chi connectivity index (χ0n) is 25.7. The summed E-state index contributed by atoms with van der Waals surface area (Å²) in [7, 11) is 0. The van der Waals surface area contributed by atoms with Gasteiger partial charge in [-0.2, -0.15) is 0 Å². The number of benzene rings is 2. The largest absolute Gasteiger partial charge is 0.480 e. The van der Waals surface area contributed by atoms with Crippen molar-refractivity contribution in [2.24, 2.45) is 11.7 Å². The number of hydrogen-bond donors (Lipinski definition) is 4. The molecule has 0 spiro atoms. The molecule has 2 aromatic rings. The van der Waals surface area contributed by atoms with E-state index < -0.39 is 71.4 Å². The highest BCUT2D eigenvalue weighted by Crippen LogP contribution is 2.35. The highest BCUT2D eigenvalue weighted by Gasteiger charge is 2.44. The van der Waals surface area contributed by atoms with Crippen molar-refractivity contribution in [3.05, 3.63) is 71.0 Å². The predicted octanol–water partition coefficient (Wildman–Crippen LogP) is 2.86. The molecule has 2 aromatic carbocycles. The average molecular weight is 647 g/mol. The van der Waals surface area contributed by atoms with Crippen LogP contribution in [0.3, 0.4) is 0 Å². The third-order valence-electron chi connectivity index (χ3n) is 8.36. The lowest BCUT2D eigenvalue weighted by atomic mass is 10.0. The molecule has 1 heterocycles. The quantitative estimate of drug-likeness (QED) is 0.161. The van der Waals surface area contributed by atoms with Crippen molar-refractivity contribution in [1.82, 2.24) is 15.5 Å². The van der Waals surface area contributed by atoms with Crippen molar-refractivity contribution in [1.29, 1.82) is 0 Å².